The molecule has 1 N–H and O–H groups in total. The minimum Gasteiger partial charge on any atom is -0.348 e. The molecule has 0 spiro atoms. The number of benzene rings is 2. The summed E-state index contributed by atoms with van der Waals surface area (Å²) in [5.41, 5.74) is 5.49. The van der Waals surface area contributed by atoms with Gasteiger partial charge in [-0.05, 0) is 49.2 Å². The zero-order valence-corrected chi connectivity index (χ0v) is 15.8. The van der Waals surface area contributed by atoms with Gasteiger partial charge >= 0.3 is 0 Å². The second kappa shape index (κ2) is 7.52. The van der Waals surface area contributed by atoms with Gasteiger partial charge in [0, 0.05) is 18.9 Å². The highest BCUT2D eigenvalue weighted by atomic mass is 16.1. The van der Waals surface area contributed by atoms with Crippen molar-refractivity contribution in [3.8, 4) is 11.4 Å². The van der Waals surface area contributed by atoms with Gasteiger partial charge in [0.1, 0.15) is 0 Å². The number of aryl methyl sites for hydroxylation is 1. The molecule has 140 valence electrons. The molecule has 0 aliphatic heterocycles. The molecule has 6 nitrogen and oxygen atoms in total. The summed E-state index contributed by atoms with van der Waals surface area (Å²) in [6, 6.07) is 17.8. The topological polar surface area (TPSA) is 64.7 Å². The number of para-hydroxylation sites is 1. The molecule has 4 aromatic rings. The fourth-order valence-corrected chi connectivity index (χ4v) is 3.14. The number of hydrogen-bond acceptors (Lipinski definition) is 3. The maximum Gasteiger partial charge on any atom is 0.255 e. The van der Waals surface area contributed by atoms with Gasteiger partial charge in [0.05, 0.1) is 28.8 Å². The number of amides is 1. The van der Waals surface area contributed by atoms with E-state index in [1.54, 1.807) is 17.1 Å². The normalized spacial score (nSPS) is 10.8. The fraction of sp³-hybridized carbons (Fsp3) is 0.136. The van der Waals surface area contributed by atoms with Gasteiger partial charge in [-0.2, -0.15) is 10.2 Å². The lowest BCUT2D eigenvalue weighted by molar-refractivity contribution is 0.0950. The first kappa shape index (κ1) is 17.7. The van der Waals surface area contributed by atoms with E-state index in [9.17, 15) is 4.79 Å². The third kappa shape index (κ3) is 3.44. The highest BCUT2D eigenvalue weighted by Crippen LogP contribution is 2.17. The Balaban J connectivity index is 1.45. The van der Waals surface area contributed by atoms with E-state index in [-0.39, 0.29) is 5.91 Å². The molecule has 0 aliphatic carbocycles. The van der Waals surface area contributed by atoms with E-state index < -0.39 is 0 Å². The van der Waals surface area contributed by atoms with Crippen molar-refractivity contribution in [1.82, 2.24) is 24.9 Å². The summed E-state index contributed by atoms with van der Waals surface area (Å²) < 4.78 is 3.61. The summed E-state index contributed by atoms with van der Waals surface area (Å²) in [5, 5.41) is 11.6. The summed E-state index contributed by atoms with van der Waals surface area (Å²) in [6.45, 7) is 4.39. The maximum atomic E-state index is 12.6. The molecule has 0 saturated heterocycles. The van der Waals surface area contributed by atoms with Gasteiger partial charge in [0.2, 0.25) is 0 Å². The van der Waals surface area contributed by atoms with Crippen LogP contribution in [0.5, 0.6) is 0 Å². The van der Waals surface area contributed by atoms with Crippen LogP contribution in [0.4, 0.5) is 0 Å². The molecule has 0 bridgehead atoms. The number of aromatic nitrogens is 4. The van der Waals surface area contributed by atoms with Crippen molar-refractivity contribution in [2.24, 2.45) is 0 Å². The molecule has 28 heavy (non-hydrogen) atoms. The fourth-order valence-electron chi connectivity index (χ4n) is 3.14. The molecule has 2 heterocycles. The minimum absolute atomic E-state index is 0.131. The first-order valence-electron chi connectivity index (χ1n) is 9.11. The number of hydrogen-bond donors (Lipinski definition) is 1. The molecule has 0 atom stereocenters. The summed E-state index contributed by atoms with van der Waals surface area (Å²) >= 11 is 0. The van der Waals surface area contributed by atoms with E-state index >= 15 is 0 Å². The van der Waals surface area contributed by atoms with E-state index in [4.69, 9.17) is 0 Å². The van der Waals surface area contributed by atoms with E-state index in [1.807, 2.05) is 79.3 Å². The van der Waals surface area contributed by atoms with E-state index in [0.717, 1.165) is 28.2 Å². The Kier molecular flexibility index (Phi) is 4.76. The van der Waals surface area contributed by atoms with Crippen molar-refractivity contribution in [3.63, 3.8) is 0 Å². The first-order valence-corrected chi connectivity index (χ1v) is 9.11. The third-order valence-corrected chi connectivity index (χ3v) is 4.76. The lowest BCUT2D eigenvalue weighted by atomic mass is 10.2. The third-order valence-electron chi connectivity index (χ3n) is 4.76. The van der Waals surface area contributed by atoms with Crippen molar-refractivity contribution in [2.45, 2.75) is 20.4 Å². The second-order valence-electron chi connectivity index (χ2n) is 6.64. The Morgan fingerprint density at radius 1 is 1.00 bits per heavy atom. The van der Waals surface area contributed by atoms with Crippen molar-refractivity contribution < 1.29 is 4.79 Å². The van der Waals surface area contributed by atoms with Crippen LogP contribution in [-0.2, 0) is 6.54 Å². The van der Waals surface area contributed by atoms with Crippen LogP contribution >= 0.6 is 0 Å². The number of carbonyl (C=O) groups excluding carboxylic acids is 1. The Bertz CT molecular complexity index is 1090. The summed E-state index contributed by atoms with van der Waals surface area (Å²) in [7, 11) is 0. The van der Waals surface area contributed by atoms with Gasteiger partial charge in [0.25, 0.3) is 5.91 Å². The molecule has 0 fully saturated rings. The second-order valence-corrected chi connectivity index (χ2v) is 6.64. The molecule has 0 unspecified atom stereocenters. The number of rotatable bonds is 5. The smallest absolute Gasteiger partial charge is 0.255 e. The van der Waals surface area contributed by atoms with Crippen molar-refractivity contribution in [1.29, 1.82) is 0 Å². The average molecular weight is 371 g/mol. The van der Waals surface area contributed by atoms with Gasteiger partial charge in [0.15, 0.2) is 0 Å². The van der Waals surface area contributed by atoms with Crippen LogP contribution in [0.1, 0.15) is 27.2 Å². The maximum absolute atomic E-state index is 12.6. The monoisotopic (exact) mass is 371 g/mol. The predicted octanol–water partition coefficient (Wildman–Crippen LogP) is 3.60. The van der Waals surface area contributed by atoms with Crippen molar-refractivity contribution in [2.75, 3.05) is 0 Å². The Labute approximate surface area is 163 Å². The lowest BCUT2D eigenvalue weighted by Gasteiger charge is -2.09. The summed E-state index contributed by atoms with van der Waals surface area (Å²) in [4.78, 5) is 12.6. The van der Waals surface area contributed by atoms with Crippen molar-refractivity contribution in [3.05, 3.63) is 95.6 Å². The van der Waals surface area contributed by atoms with Crippen LogP contribution in [-0.4, -0.2) is 25.5 Å². The Hall–Kier alpha value is -3.67. The lowest BCUT2D eigenvalue weighted by Crippen LogP contribution is -2.23. The SMILES string of the molecule is Cc1ccccc1-n1ncc(C(=O)NCc2ccc(-n3cccn3)cc2)c1C. The van der Waals surface area contributed by atoms with Crippen LogP contribution in [0.3, 0.4) is 0 Å². The standard InChI is InChI=1S/C22H21N5O/c1-16-6-3-4-7-21(16)27-17(2)20(15-25-27)22(28)23-14-18-8-10-19(11-9-18)26-13-5-12-24-26/h3-13,15H,14H2,1-2H3,(H,23,28). The van der Waals surface area contributed by atoms with Crippen LogP contribution in [0, 0.1) is 13.8 Å². The first-order chi connectivity index (χ1) is 13.6. The molecule has 4 rings (SSSR count). The van der Waals surface area contributed by atoms with E-state index in [2.05, 4.69) is 15.5 Å². The summed E-state index contributed by atoms with van der Waals surface area (Å²) in [6.07, 6.45) is 5.26. The van der Waals surface area contributed by atoms with Gasteiger partial charge < -0.3 is 5.32 Å². The molecule has 0 saturated carbocycles. The molecule has 0 aliphatic rings. The molecular formula is C22H21N5O. The Morgan fingerprint density at radius 3 is 2.50 bits per heavy atom. The molecule has 2 aromatic carbocycles. The van der Waals surface area contributed by atoms with Crippen molar-refractivity contribution >= 4 is 5.91 Å². The van der Waals surface area contributed by atoms with Gasteiger partial charge in [-0.15, -0.1) is 0 Å². The van der Waals surface area contributed by atoms with Gasteiger partial charge in [-0.3, -0.25) is 4.79 Å². The van der Waals surface area contributed by atoms with Crippen LogP contribution in [0.2, 0.25) is 0 Å². The van der Waals surface area contributed by atoms with E-state index in [0.29, 0.717) is 12.1 Å². The van der Waals surface area contributed by atoms with E-state index in [1.165, 1.54) is 0 Å². The quantitative estimate of drug-likeness (QED) is 0.583. The molecule has 0 radical (unpaired) electrons. The average Bonchev–Trinajstić information content (AvgIpc) is 3.37. The zero-order chi connectivity index (χ0) is 19.5. The molecule has 1 amide bonds. The zero-order valence-electron chi connectivity index (χ0n) is 15.8. The van der Waals surface area contributed by atoms with Crippen LogP contribution in [0.25, 0.3) is 11.4 Å². The highest BCUT2D eigenvalue weighted by Gasteiger charge is 2.15. The minimum atomic E-state index is -0.131. The Morgan fingerprint density at radius 2 is 1.79 bits per heavy atom. The number of nitrogens with one attached hydrogen (secondary N) is 1. The highest BCUT2D eigenvalue weighted by molar-refractivity contribution is 5.95. The summed E-state index contributed by atoms with van der Waals surface area (Å²) in [5.74, 6) is -0.131. The number of nitrogens with zero attached hydrogens (tertiary/aromatic N) is 4. The van der Waals surface area contributed by atoms with Gasteiger partial charge in [-0.1, -0.05) is 30.3 Å². The largest absolute Gasteiger partial charge is 0.348 e. The van der Waals surface area contributed by atoms with Crippen LogP contribution < -0.4 is 5.32 Å². The molecule has 2 aromatic heterocycles. The predicted molar refractivity (Wildman–Crippen MR) is 108 cm³/mol. The van der Waals surface area contributed by atoms with Gasteiger partial charge in [-0.25, -0.2) is 9.36 Å². The van der Waals surface area contributed by atoms with Crippen LogP contribution in [0.15, 0.2) is 73.2 Å². The molecule has 6 heteroatoms. The molecular weight excluding hydrogens is 350 g/mol. The number of carbonyl (C=O) groups is 1.